The molecule has 0 aliphatic heterocycles. The van der Waals surface area contributed by atoms with E-state index in [1.165, 1.54) is 6.07 Å². The molecule has 0 spiro atoms. The molecule has 194 valence electrons. The van der Waals surface area contributed by atoms with E-state index in [1.807, 2.05) is 85.0 Å². The topological polar surface area (TPSA) is 78.4 Å². The molecule has 5 rings (SSSR count). The van der Waals surface area contributed by atoms with E-state index in [9.17, 15) is 9.59 Å². The van der Waals surface area contributed by atoms with Gasteiger partial charge in [-0.2, -0.15) is 0 Å². The fourth-order valence-electron chi connectivity index (χ4n) is 3.71. The standard InChI is InChI=1S/C34H24N2O4/c37-33(39-31-18-12-25(13-19-31)10-16-29-8-1-3-22-35-29)27-6-5-7-28(24-27)34(38)40-32-20-14-26(15-21-32)11-17-30-9-2-4-23-36-30/h1-24H. The molecule has 0 saturated carbocycles. The van der Waals surface area contributed by atoms with Crippen LogP contribution in [0, 0.1) is 0 Å². The Hall–Kier alpha value is -5.62. The zero-order valence-electron chi connectivity index (χ0n) is 21.4. The van der Waals surface area contributed by atoms with E-state index in [2.05, 4.69) is 9.97 Å². The molecule has 0 aliphatic carbocycles. The van der Waals surface area contributed by atoms with Crippen LogP contribution in [-0.2, 0) is 0 Å². The molecule has 2 heterocycles. The van der Waals surface area contributed by atoms with Gasteiger partial charge in [0.05, 0.1) is 22.5 Å². The zero-order chi connectivity index (χ0) is 27.6. The first-order chi connectivity index (χ1) is 19.6. The Morgan fingerprint density at radius 1 is 0.500 bits per heavy atom. The molecule has 6 heteroatoms. The van der Waals surface area contributed by atoms with Crippen molar-refractivity contribution in [1.82, 2.24) is 9.97 Å². The number of hydrogen-bond donors (Lipinski definition) is 0. The lowest BCUT2D eigenvalue weighted by Gasteiger charge is -2.07. The number of benzene rings is 3. The molecule has 0 aliphatic rings. The Morgan fingerprint density at radius 2 is 0.950 bits per heavy atom. The van der Waals surface area contributed by atoms with Gasteiger partial charge in [-0.1, -0.05) is 54.6 Å². The van der Waals surface area contributed by atoms with Gasteiger partial charge in [0.25, 0.3) is 0 Å². The third-order valence-electron chi connectivity index (χ3n) is 5.78. The average molecular weight is 525 g/mol. The molecule has 40 heavy (non-hydrogen) atoms. The van der Waals surface area contributed by atoms with Crippen LogP contribution in [0.25, 0.3) is 24.3 Å². The largest absolute Gasteiger partial charge is 0.423 e. The van der Waals surface area contributed by atoms with Gasteiger partial charge in [-0.15, -0.1) is 0 Å². The number of hydrogen-bond acceptors (Lipinski definition) is 6. The van der Waals surface area contributed by atoms with Crippen molar-refractivity contribution in [3.63, 3.8) is 0 Å². The van der Waals surface area contributed by atoms with Gasteiger partial charge in [-0.3, -0.25) is 9.97 Å². The van der Waals surface area contributed by atoms with E-state index >= 15 is 0 Å². The van der Waals surface area contributed by atoms with Crippen LogP contribution in [0.4, 0.5) is 0 Å². The van der Waals surface area contributed by atoms with Gasteiger partial charge < -0.3 is 9.47 Å². The first-order valence-electron chi connectivity index (χ1n) is 12.6. The van der Waals surface area contributed by atoms with Crippen molar-refractivity contribution in [2.24, 2.45) is 0 Å². The first-order valence-corrected chi connectivity index (χ1v) is 12.6. The summed E-state index contributed by atoms with van der Waals surface area (Å²) in [6.07, 6.45) is 11.1. The SMILES string of the molecule is O=C(Oc1ccc(C=Cc2ccccn2)cc1)c1cccc(C(=O)Oc2ccc(C=Cc3ccccn3)cc2)c1. The Bertz CT molecular complexity index is 1520. The van der Waals surface area contributed by atoms with Gasteiger partial charge in [0.15, 0.2) is 0 Å². The fourth-order valence-corrected chi connectivity index (χ4v) is 3.71. The maximum absolute atomic E-state index is 12.7. The molecule has 6 nitrogen and oxygen atoms in total. The molecule has 0 atom stereocenters. The number of esters is 2. The van der Waals surface area contributed by atoms with E-state index in [-0.39, 0.29) is 11.1 Å². The summed E-state index contributed by atoms with van der Waals surface area (Å²) in [5, 5.41) is 0. The van der Waals surface area contributed by atoms with Crippen LogP contribution in [0.5, 0.6) is 11.5 Å². The van der Waals surface area contributed by atoms with Crippen LogP contribution in [0.3, 0.4) is 0 Å². The Balaban J connectivity index is 1.18. The number of aromatic nitrogens is 2. The van der Waals surface area contributed by atoms with Crippen molar-refractivity contribution in [3.05, 3.63) is 155 Å². The highest BCUT2D eigenvalue weighted by Crippen LogP contribution is 2.19. The molecule has 0 fully saturated rings. The van der Waals surface area contributed by atoms with Crippen molar-refractivity contribution < 1.29 is 19.1 Å². The maximum atomic E-state index is 12.7. The molecule has 3 aromatic carbocycles. The van der Waals surface area contributed by atoms with Gasteiger partial charge in [0.1, 0.15) is 11.5 Å². The third kappa shape index (κ3) is 7.24. The predicted molar refractivity (Wildman–Crippen MR) is 156 cm³/mol. The van der Waals surface area contributed by atoms with Crippen molar-refractivity contribution in [2.45, 2.75) is 0 Å². The second-order valence-corrected chi connectivity index (χ2v) is 8.67. The Morgan fingerprint density at radius 3 is 1.35 bits per heavy atom. The van der Waals surface area contributed by atoms with E-state index in [4.69, 9.17) is 9.47 Å². The minimum atomic E-state index is -0.574. The number of nitrogens with zero attached hydrogens (tertiary/aromatic N) is 2. The Labute approximate surface area is 231 Å². The second kappa shape index (κ2) is 12.8. The van der Waals surface area contributed by atoms with Crippen molar-refractivity contribution in [1.29, 1.82) is 0 Å². The number of rotatable bonds is 8. The number of pyridine rings is 2. The molecular weight excluding hydrogens is 500 g/mol. The van der Waals surface area contributed by atoms with Crippen LogP contribution < -0.4 is 9.47 Å². The molecule has 0 amide bonds. The van der Waals surface area contributed by atoms with E-state index in [0.29, 0.717) is 11.5 Å². The molecule has 5 aromatic rings. The van der Waals surface area contributed by atoms with Gasteiger partial charge in [-0.05, 0) is 90.0 Å². The summed E-state index contributed by atoms with van der Waals surface area (Å²) in [7, 11) is 0. The highest BCUT2D eigenvalue weighted by atomic mass is 16.5. The first kappa shape index (κ1) is 26.0. The molecule has 0 radical (unpaired) electrons. The van der Waals surface area contributed by atoms with E-state index in [1.54, 1.807) is 54.9 Å². The molecular formula is C34H24N2O4. The van der Waals surface area contributed by atoms with Crippen molar-refractivity contribution in [3.8, 4) is 11.5 Å². The highest BCUT2D eigenvalue weighted by molar-refractivity contribution is 5.96. The summed E-state index contributed by atoms with van der Waals surface area (Å²) in [6.45, 7) is 0. The van der Waals surface area contributed by atoms with E-state index in [0.717, 1.165) is 22.5 Å². The third-order valence-corrected chi connectivity index (χ3v) is 5.78. The van der Waals surface area contributed by atoms with Gasteiger partial charge in [0.2, 0.25) is 0 Å². The van der Waals surface area contributed by atoms with Crippen LogP contribution in [-0.4, -0.2) is 21.9 Å². The lowest BCUT2D eigenvalue weighted by atomic mass is 10.1. The quantitative estimate of drug-likeness (QED) is 0.157. The summed E-state index contributed by atoms with van der Waals surface area (Å²) in [5.74, 6) is -0.360. The highest BCUT2D eigenvalue weighted by Gasteiger charge is 2.14. The predicted octanol–water partition coefficient (Wildman–Crippen LogP) is 7.26. The monoisotopic (exact) mass is 524 g/mol. The number of carbonyl (C=O) groups is 2. The Kier molecular flexibility index (Phi) is 8.29. The molecule has 2 aromatic heterocycles. The van der Waals surface area contributed by atoms with E-state index < -0.39 is 11.9 Å². The van der Waals surface area contributed by atoms with Crippen LogP contribution in [0.2, 0.25) is 0 Å². The molecule has 0 saturated heterocycles. The zero-order valence-corrected chi connectivity index (χ0v) is 21.4. The second-order valence-electron chi connectivity index (χ2n) is 8.67. The summed E-state index contributed by atoms with van der Waals surface area (Å²) >= 11 is 0. The number of ether oxygens (including phenoxy) is 2. The lowest BCUT2D eigenvalue weighted by molar-refractivity contribution is 0.0734. The summed E-state index contributed by atoms with van der Waals surface area (Å²) in [5.41, 5.74) is 4.05. The normalized spacial score (nSPS) is 11.0. The summed E-state index contributed by atoms with van der Waals surface area (Å²) < 4.78 is 11.0. The molecule has 0 unspecified atom stereocenters. The van der Waals surface area contributed by atoms with Crippen molar-refractivity contribution in [2.75, 3.05) is 0 Å². The van der Waals surface area contributed by atoms with Gasteiger partial charge in [-0.25, -0.2) is 9.59 Å². The minimum absolute atomic E-state index is 0.239. The van der Waals surface area contributed by atoms with Crippen LogP contribution >= 0.6 is 0 Å². The van der Waals surface area contributed by atoms with Crippen LogP contribution in [0.1, 0.15) is 43.2 Å². The maximum Gasteiger partial charge on any atom is 0.343 e. The summed E-state index contributed by atoms with van der Waals surface area (Å²) in [4.78, 5) is 34.0. The molecule has 0 N–H and O–H groups in total. The van der Waals surface area contributed by atoms with Gasteiger partial charge in [0, 0.05) is 12.4 Å². The van der Waals surface area contributed by atoms with Gasteiger partial charge >= 0.3 is 11.9 Å². The average Bonchev–Trinajstić information content (AvgIpc) is 3.01. The summed E-state index contributed by atoms with van der Waals surface area (Å²) in [6, 6.07) is 31.9. The number of carbonyl (C=O) groups excluding carboxylic acids is 2. The minimum Gasteiger partial charge on any atom is -0.423 e. The van der Waals surface area contributed by atoms with Crippen molar-refractivity contribution >= 4 is 36.2 Å². The van der Waals surface area contributed by atoms with Crippen LogP contribution in [0.15, 0.2) is 122 Å². The lowest BCUT2D eigenvalue weighted by Crippen LogP contribution is -2.12. The molecule has 0 bridgehead atoms. The fraction of sp³-hybridized carbons (Fsp3) is 0. The smallest absolute Gasteiger partial charge is 0.343 e.